The number of phenolic OH excluding ortho intramolecular Hbond substituents is 1. The lowest BCUT2D eigenvalue weighted by Crippen LogP contribution is -2.26. The summed E-state index contributed by atoms with van der Waals surface area (Å²) in [6.45, 7) is 5.46. The van der Waals surface area contributed by atoms with E-state index in [-0.39, 0.29) is 6.04 Å². The first kappa shape index (κ1) is 12.4. The Morgan fingerprint density at radius 2 is 2.06 bits per heavy atom. The van der Waals surface area contributed by atoms with Gasteiger partial charge in [0.1, 0.15) is 5.75 Å². The average molecular weight is 233 g/mol. The minimum absolute atomic E-state index is 0.227. The molecule has 0 heterocycles. The van der Waals surface area contributed by atoms with E-state index in [4.69, 9.17) is 0 Å². The van der Waals surface area contributed by atoms with Crippen molar-refractivity contribution >= 4 is 0 Å². The second kappa shape index (κ2) is 5.09. The molecule has 94 valence electrons. The third-order valence-electron chi connectivity index (χ3n) is 3.92. The van der Waals surface area contributed by atoms with Crippen molar-refractivity contribution in [2.24, 2.45) is 5.41 Å². The van der Waals surface area contributed by atoms with Gasteiger partial charge in [-0.05, 0) is 37.7 Å². The van der Waals surface area contributed by atoms with Gasteiger partial charge < -0.3 is 10.4 Å². The highest BCUT2D eigenvalue weighted by molar-refractivity contribution is 5.34. The molecule has 1 aliphatic carbocycles. The third-order valence-corrected chi connectivity index (χ3v) is 3.92. The molecule has 0 spiro atoms. The van der Waals surface area contributed by atoms with Crippen LogP contribution >= 0.6 is 0 Å². The van der Waals surface area contributed by atoms with Gasteiger partial charge >= 0.3 is 0 Å². The Bertz CT molecular complexity index is 371. The lowest BCUT2D eigenvalue weighted by molar-refractivity contribution is 0.389. The summed E-state index contributed by atoms with van der Waals surface area (Å²) in [5.41, 5.74) is 1.56. The normalized spacial score (nSPS) is 18.9. The van der Waals surface area contributed by atoms with Crippen LogP contribution in [0.2, 0.25) is 0 Å². The van der Waals surface area contributed by atoms with Gasteiger partial charge in [0, 0.05) is 18.2 Å². The van der Waals surface area contributed by atoms with Crippen LogP contribution in [0.4, 0.5) is 0 Å². The molecule has 2 rings (SSSR count). The maximum Gasteiger partial charge on any atom is 0.120 e. The summed E-state index contributed by atoms with van der Waals surface area (Å²) in [5.74, 6) is 0.396. The molecular weight excluding hydrogens is 210 g/mol. The molecule has 2 heteroatoms. The maximum atomic E-state index is 9.79. The topological polar surface area (TPSA) is 32.3 Å². The number of benzene rings is 1. The van der Waals surface area contributed by atoms with Gasteiger partial charge in [-0.15, -0.1) is 0 Å². The third kappa shape index (κ3) is 3.01. The van der Waals surface area contributed by atoms with Gasteiger partial charge in [0.15, 0.2) is 0 Å². The van der Waals surface area contributed by atoms with E-state index in [1.807, 2.05) is 18.2 Å². The first-order valence-electron chi connectivity index (χ1n) is 6.68. The van der Waals surface area contributed by atoms with E-state index in [2.05, 4.69) is 19.2 Å². The molecule has 1 aromatic carbocycles. The van der Waals surface area contributed by atoms with Crippen molar-refractivity contribution in [3.8, 4) is 5.75 Å². The van der Waals surface area contributed by atoms with Crippen molar-refractivity contribution < 1.29 is 5.11 Å². The lowest BCUT2D eigenvalue weighted by Gasteiger charge is -2.20. The van der Waals surface area contributed by atoms with Crippen LogP contribution in [0.5, 0.6) is 5.75 Å². The largest absolute Gasteiger partial charge is 0.508 e. The molecule has 1 fully saturated rings. The Labute approximate surface area is 104 Å². The van der Waals surface area contributed by atoms with Crippen LogP contribution in [0.1, 0.15) is 51.1 Å². The molecule has 0 radical (unpaired) electrons. The van der Waals surface area contributed by atoms with Gasteiger partial charge in [-0.25, -0.2) is 0 Å². The van der Waals surface area contributed by atoms with Crippen molar-refractivity contribution in [2.45, 2.75) is 45.6 Å². The predicted molar refractivity (Wildman–Crippen MR) is 71.1 cm³/mol. The number of phenols is 1. The van der Waals surface area contributed by atoms with Crippen molar-refractivity contribution in [1.29, 1.82) is 0 Å². The second-order valence-electron chi connectivity index (χ2n) is 5.41. The van der Waals surface area contributed by atoms with Gasteiger partial charge in [-0.2, -0.15) is 0 Å². The molecule has 0 saturated heterocycles. The van der Waals surface area contributed by atoms with Gasteiger partial charge in [0.05, 0.1) is 0 Å². The summed E-state index contributed by atoms with van der Waals surface area (Å²) in [7, 11) is 0. The minimum atomic E-state index is 0.227. The molecule has 17 heavy (non-hydrogen) atoms. The molecule has 1 aliphatic rings. The van der Waals surface area contributed by atoms with E-state index in [1.165, 1.54) is 25.7 Å². The number of rotatable bonds is 6. The summed E-state index contributed by atoms with van der Waals surface area (Å²) < 4.78 is 0. The molecular formula is C15H23NO. The fourth-order valence-corrected chi connectivity index (χ4v) is 2.56. The predicted octanol–water partition coefficient (Wildman–Crippen LogP) is 3.62. The van der Waals surface area contributed by atoms with E-state index in [0.717, 1.165) is 12.1 Å². The van der Waals surface area contributed by atoms with E-state index < -0.39 is 0 Å². The highest BCUT2D eigenvalue weighted by Crippen LogP contribution is 2.49. The van der Waals surface area contributed by atoms with Crippen LogP contribution in [-0.2, 0) is 0 Å². The number of para-hydroxylation sites is 1. The van der Waals surface area contributed by atoms with Crippen LogP contribution in [-0.4, -0.2) is 11.7 Å². The maximum absolute atomic E-state index is 9.79. The van der Waals surface area contributed by atoms with Crippen molar-refractivity contribution in [2.75, 3.05) is 6.54 Å². The Morgan fingerprint density at radius 1 is 1.35 bits per heavy atom. The minimum Gasteiger partial charge on any atom is -0.508 e. The smallest absolute Gasteiger partial charge is 0.120 e. The monoisotopic (exact) mass is 233 g/mol. The Hall–Kier alpha value is -1.02. The van der Waals surface area contributed by atoms with Crippen molar-refractivity contribution in [3.63, 3.8) is 0 Å². The van der Waals surface area contributed by atoms with Crippen LogP contribution in [0, 0.1) is 5.41 Å². The Balaban J connectivity index is 1.90. The molecule has 1 saturated carbocycles. The quantitative estimate of drug-likeness (QED) is 0.786. The highest BCUT2D eigenvalue weighted by atomic mass is 16.3. The zero-order chi connectivity index (χ0) is 12.3. The summed E-state index contributed by atoms with van der Waals surface area (Å²) in [5, 5.41) is 13.4. The molecule has 1 unspecified atom stereocenters. The summed E-state index contributed by atoms with van der Waals surface area (Å²) >= 11 is 0. The zero-order valence-corrected chi connectivity index (χ0v) is 10.9. The standard InChI is InChI=1S/C15H23NO/c1-3-8-15(9-10-15)11-16-12(2)13-6-4-5-7-14(13)17/h4-7,12,16-17H,3,8-11H2,1-2H3. The Kier molecular flexibility index (Phi) is 3.72. The van der Waals surface area contributed by atoms with E-state index >= 15 is 0 Å². The van der Waals surface area contributed by atoms with E-state index in [1.54, 1.807) is 6.07 Å². The molecule has 0 bridgehead atoms. The molecule has 0 aromatic heterocycles. The fraction of sp³-hybridized carbons (Fsp3) is 0.600. The molecule has 0 aliphatic heterocycles. The number of aromatic hydroxyl groups is 1. The molecule has 1 aromatic rings. The van der Waals surface area contributed by atoms with E-state index in [0.29, 0.717) is 11.2 Å². The van der Waals surface area contributed by atoms with Crippen LogP contribution in [0.25, 0.3) is 0 Å². The van der Waals surface area contributed by atoms with Crippen LogP contribution in [0.15, 0.2) is 24.3 Å². The average Bonchev–Trinajstić information content (AvgIpc) is 3.08. The molecule has 1 atom stereocenters. The molecule has 0 amide bonds. The first-order valence-corrected chi connectivity index (χ1v) is 6.68. The fourth-order valence-electron chi connectivity index (χ4n) is 2.56. The summed E-state index contributed by atoms with van der Waals surface area (Å²) in [6, 6.07) is 7.82. The highest BCUT2D eigenvalue weighted by Gasteiger charge is 2.41. The summed E-state index contributed by atoms with van der Waals surface area (Å²) in [4.78, 5) is 0. The molecule has 2 N–H and O–H groups in total. The second-order valence-corrected chi connectivity index (χ2v) is 5.41. The van der Waals surface area contributed by atoms with Crippen LogP contribution < -0.4 is 5.32 Å². The van der Waals surface area contributed by atoms with Gasteiger partial charge in [0.2, 0.25) is 0 Å². The zero-order valence-electron chi connectivity index (χ0n) is 10.9. The first-order chi connectivity index (χ1) is 8.17. The molecule has 2 nitrogen and oxygen atoms in total. The van der Waals surface area contributed by atoms with Gasteiger partial charge in [-0.3, -0.25) is 0 Å². The van der Waals surface area contributed by atoms with Crippen molar-refractivity contribution in [1.82, 2.24) is 5.32 Å². The van der Waals surface area contributed by atoms with Crippen molar-refractivity contribution in [3.05, 3.63) is 29.8 Å². The number of hydrogen-bond acceptors (Lipinski definition) is 2. The van der Waals surface area contributed by atoms with Gasteiger partial charge in [0.25, 0.3) is 0 Å². The SMILES string of the molecule is CCCC1(CNC(C)c2ccccc2O)CC1. The Morgan fingerprint density at radius 3 is 2.65 bits per heavy atom. The number of hydrogen-bond donors (Lipinski definition) is 2. The lowest BCUT2D eigenvalue weighted by atomic mass is 9.99. The number of nitrogens with one attached hydrogen (secondary N) is 1. The summed E-state index contributed by atoms with van der Waals surface area (Å²) in [6.07, 6.45) is 5.32. The van der Waals surface area contributed by atoms with E-state index in [9.17, 15) is 5.11 Å². The van der Waals surface area contributed by atoms with Gasteiger partial charge in [-0.1, -0.05) is 31.5 Å². The van der Waals surface area contributed by atoms with Crippen LogP contribution in [0.3, 0.4) is 0 Å².